The fraction of sp³-hybridized carbons (Fsp3) is 0.400. The number of amides is 2. The van der Waals surface area contributed by atoms with Crippen LogP contribution in [0.4, 0.5) is 9.93 Å². The van der Waals surface area contributed by atoms with Crippen molar-refractivity contribution in [2.75, 3.05) is 57.8 Å². The molecule has 226 valence electrons. The highest BCUT2D eigenvalue weighted by molar-refractivity contribution is 7.22. The normalized spacial score (nSPS) is 14.0. The number of carbonyl (C=O) groups is 2. The van der Waals surface area contributed by atoms with Crippen LogP contribution in [0.1, 0.15) is 26.6 Å². The predicted molar refractivity (Wildman–Crippen MR) is 166 cm³/mol. The van der Waals surface area contributed by atoms with E-state index in [0.29, 0.717) is 24.0 Å². The Kier molecular flexibility index (Phi) is 9.87. The molecule has 4 aromatic rings. The minimum Gasteiger partial charge on any atom is -0.450 e. The molecule has 1 saturated heterocycles. The van der Waals surface area contributed by atoms with Crippen molar-refractivity contribution in [3.05, 3.63) is 54.7 Å². The maximum atomic E-state index is 12.6. The lowest BCUT2D eigenvalue weighted by molar-refractivity contribution is -0.157. The monoisotopic (exact) mass is 604 g/mol. The van der Waals surface area contributed by atoms with Crippen LogP contribution in [0.15, 0.2) is 48.9 Å². The third-order valence-electron chi connectivity index (χ3n) is 6.86. The number of urea groups is 1. The number of nitrogens with zero attached hydrogens (tertiary/aromatic N) is 5. The van der Waals surface area contributed by atoms with Gasteiger partial charge in [0.05, 0.1) is 35.7 Å². The Labute approximate surface area is 254 Å². The Morgan fingerprint density at radius 1 is 1.09 bits per heavy atom. The van der Waals surface area contributed by atoms with E-state index in [1.807, 2.05) is 37.3 Å². The molecule has 0 bridgehead atoms. The van der Waals surface area contributed by atoms with E-state index in [1.165, 1.54) is 11.3 Å². The minimum atomic E-state index is -1.01. The van der Waals surface area contributed by atoms with E-state index in [1.54, 1.807) is 32.4 Å². The van der Waals surface area contributed by atoms with Crippen molar-refractivity contribution in [1.29, 1.82) is 0 Å². The number of anilines is 1. The van der Waals surface area contributed by atoms with Gasteiger partial charge in [0.15, 0.2) is 16.6 Å². The van der Waals surface area contributed by atoms with E-state index in [0.717, 1.165) is 65.4 Å². The largest absolute Gasteiger partial charge is 0.450 e. The molecule has 1 aliphatic heterocycles. The second-order valence-electron chi connectivity index (χ2n) is 10.5. The van der Waals surface area contributed by atoms with E-state index in [9.17, 15) is 9.59 Å². The molecule has 0 saturated carbocycles. The van der Waals surface area contributed by atoms with E-state index < -0.39 is 5.60 Å². The molecule has 0 atom stereocenters. The number of morpholine rings is 1. The van der Waals surface area contributed by atoms with Crippen LogP contribution in [-0.4, -0.2) is 89.3 Å². The van der Waals surface area contributed by atoms with Gasteiger partial charge in [0.2, 0.25) is 0 Å². The van der Waals surface area contributed by atoms with E-state index >= 15 is 0 Å². The molecule has 3 aromatic heterocycles. The molecule has 1 aromatic carbocycles. The lowest BCUT2D eigenvalue weighted by atomic mass is 10.0. The average molecular weight is 605 g/mol. The summed E-state index contributed by atoms with van der Waals surface area (Å²) < 4.78 is 12.0. The Morgan fingerprint density at radius 3 is 2.60 bits per heavy atom. The number of carbonyl (C=O) groups excluding carboxylic acids is 2. The third-order valence-corrected chi connectivity index (χ3v) is 7.88. The first-order valence-corrected chi connectivity index (χ1v) is 15.1. The molecule has 0 spiro atoms. The van der Waals surface area contributed by atoms with Gasteiger partial charge in [-0.15, -0.1) is 0 Å². The Hall–Kier alpha value is -4.04. The highest BCUT2D eigenvalue weighted by atomic mass is 32.1. The molecule has 4 heterocycles. The van der Waals surface area contributed by atoms with Gasteiger partial charge in [0, 0.05) is 62.4 Å². The van der Waals surface area contributed by atoms with Gasteiger partial charge in [-0.05, 0) is 50.6 Å². The molecule has 12 nitrogen and oxygen atoms in total. The number of ether oxygens (including phenoxy) is 2. The molecule has 1 fully saturated rings. The summed E-state index contributed by atoms with van der Waals surface area (Å²) in [5.41, 5.74) is 2.98. The fourth-order valence-electron chi connectivity index (χ4n) is 4.67. The van der Waals surface area contributed by atoms with Gasteiger partial charge < -0.3 is 20.1 Å². The van der Waals surface area contributed by atoms with E-state index in [4.69, 9.17) is 9.47 Å². The van der Waals surface area contributed by atoms with Gasteiger partial charge in [0.1, 0.15) is 0 Å². The first-order valence-electron chi connectivity index (χ1n) is 14.3. The van der Waals surface area contributed by atoms with E-state index in [-0.39, 0.29) is 18.5 Å². The number of nitrogens with one attached hydrogen (secondary N) is 3. The van der Waals surface area contributed by atoms with Crippen LogP contribution in [0.25, 0.3) is 32.6 Å². The van der Waals surface area contributed by atoms with Crippen molar-refractivity contribution < 1.29 is 19.1 Å². The summed E-state index contributed by atoms with van der Waals surface area (Å²) in [4.78, 5) is 45.3. The number of aromatic nitrogens is 4. The van der Waals surface area contributed by atoms with Gasteiger partial charge in [-0.2, -0.15) is 0 Å². The number of fused-ring (bicyclic) bond motifs is 1. The van der Waals surface area contributed by atoms with Gasteiger partial charge in [0.25, 0.3) is 0 Å². The topological polar surface area (TPSA) is 143 Å². The van der Waals surface area contributed by atoms with Crippen LogP contribution in [0.5, 0.6) is 0 Å². The number of pyridine rings is 1. The molecule has 2 amide bonds. The summed E-state index contributed by atoms with van der Waals surface area (Å²) in [5, 5.41) is 9.16. The van der Waals surface area contributed by atoms with Crippen molar-refractivity contribution in [3.63, 3.8) is 0 Å². The molecule has 0 unspecified atom stereocenters. The SMILES string of the molecule is CCNC(=O)Nc1nc2cc(-c3cnc(C(C)(C)OC(=O)CNCCN4CCOCC4)nc3)cc(-c3ccccn3)c2s1. The Morgan fingerprint density at radius 2 is 1.88 bits per heavy atom. The summed E-state index contributed by atoms with van der Waals surface area (Å²) in [6.07, 6.45) is 5.16. The summed E-state index contributed by atoms with van der Waals surface area (Å²) in [6.45, 7) is 10.9. The molecular weight excluding hydrogens is 568 g/mol. The molecule has 5 rings (SSSR count). The summed E-state index contributed by atoms with van der Waals surface area (Å²) in [5.74, 6) is 0.0247. The average Bonchev–Trinajstić information content (AvgIpc) is 3.42. The highest BCUT2D eigenvalue weighted by Crippen LogP contribution is 2.38. The Balaban J connectivity index is 1.30. The number of hydrogen-bond acceptors (Lipinski definition) is 11. The van der Waals surface area contributed by atoms with Crippen molar-refractivity contribution in [2.45, 2.75) is 26.4 Å². The fourth-order valence-corrected chi connectivity index (χ4v) is 5.64. The molecule has 0 aliphatic carbocycles. The molecule has 13 heteroatoms. The van der Waals surface area contributed by atoms with Crippen LogP contribution in [0, 0.1) is 0 Å². The van der Waals surface area contributed by atoms with Crippen molar-refractivity contribution in [1.82, 2.24) is 35.5 Å². The second-order valence-corrected chi connectivity index (χ2v) is 11.5. The predicted octanol–water partition coefficient (Wildman–Crippen LogP) is 3.66. The smallest absolute Gasteiger partial charge is 0.321 e. The van der Waals surface area contributed by atoms with Crippen molar-refractivity contribution in [2.24, 2.45) is 0 Å². The molecule has 0 radical (unpaired) electrons. The lowest BCUT2D eigenvalue weighted by Gasteiger charge is -2.26. The quantitative estimate of drug-likeness (QED) is 0.171. The molecular formula is C30H36N8O4S. The minimum absolute atomic E-state index is 0.104. The van der Waals surface area contributed by atoms with Crippen LogP contribution < -0.4 is 16.0 Å². The van der Waals surface area contributed by atoms with Crippen molar-refractivity contribution in [3.8, 4) is 22.4 Å². The van der Waals surface area contributed by atoms with Crippen LogP contribution in [0.2, 0.25) is 0 Å². The molecule has 3 N–H and O–H groups in total. The zero-order valence-corrected chi connectivity index (χ0v) is 25.4. The standard InChI is InChI=1S/C30H36N8O4S/c1-4-32-28(40)37-29-36-24-16-20(15-22(26(24)43-29)23-7-5-6-8-33-23)21-17-34-27(35-18-21)30(2,3)42-25(39)19-31-9-10-38-11-13-41-14-12-38/h5-8,15-18,31H,4,9-14,19H2,1-3H3,(H2,32,36,37,40). The zero-order chi connectivity index (χ0) is 30.2. The van der Waals surface area contributed by atoms with Crippen LogP contribution >= 0.6 is 11.3 Å². The van der Waals surface area contributed by atoms with Gasteiger partial charge in [-0.25, -0.2) is 19.7 Å². The zero-order valence-electron chi connectivity index (χ0n) is 24.6. The summed E-state index contributed by atoms with van der Waals surface area (Å²) in [6, 6.07) is 9.37. The van der Waals surface area contributed by atoms with Crippen molar-refractivity contribution >= 4 is 38.7 Å². The van der Waals surface area contributed by atoms with E-state index in [2.05, 4.69) is 40.8 Å². The lowest BCUT2D eigenvalue weighted by Crippen LogP contribution is -2.41. The summed E-state index contributed by atoms with van der Waals surface area (Å²) in [7, 11) is 0. The van der Waals surface area contributed by atoms with Gasteiger partial charge in [-0.3, -0.25) is 20.0 Å². The maximum Gasteiger partial charge on any atom is 0.321 e. The third kappa shape index (κ3) is 7.87. The number of rotatable bonds is 11. The van der Waals surface area contributed by atoms with Gasteiger partial charge in [-0.1, -0.05) is 17.4 Å². The van der Waals surface area contributed by atoms with Crippen LogP contribution in [0.3, 0.4) is 0 Å². The highest BCUT2D eigenvalue weighted by Gasteiger charge is 2.28. The van der Waals surface area contributed by atoms with Crippen LogP contribution in [-0.2, 0) is 19.9 Å². The Bertz CT molecular complexity index is 1540. The molecule has 43 heavy (non-hydrogen) atoms. The summed E-state index contributed by atoms with van der Waals surface area (Å²) >= 11 is 1.39. The van der Waals surface area contributed by atoms with Gasteiger partial charge >= 0.3 is 12.0 Å². The number of hydrogen-bond donors (Lipinski definition) is 3. The maximum absolute atomic E-state index is 12.6. The molecule has 1 aliphatic rings. The number of thiazole rings is 1. The first kappa shape index (κ1) is 30.4. The first-order chi connectivity index (χ1) is 20.8. The second kappa shape index (κ2) is 14.0. The number of esters is 1. The number of benzene rings is 1.